The van der Waals surface area contributed by atoms with Crippen LogP contribution < -0.4 is 14.8 Å². The van der Waals surface area contributed by atoms with Gasteiger partial charge in [-0.25, -0.2) is 13.4 Å². The normalized spacial score (nSPS) is 25.8. The van der Waals surface area contributed by atoms with Crippen LogP contribution in [0.2, 0.25) is 5.02 Å². The number of likely N-dealkylation sites (tertiary alicyclic amines) is 1. The molecule has 1 aromatic heterocycles. The summed E-state index contributed by atoms with van der Waals surface area (Å²) in [6.07, 6.45) is 4.09. The van der Waals surface area contributed by atoms with E-state index < -0.39 is 56.1 Å². The second-order valence-electron chi connectivity index (χ2n) is 13.3. The molecule has 238 valence electrons. The number of methoxy groups -OCH3 is 1. The minimum absolute atomic E-state index is 0.127. The lowest BCUT2D eigenvalue weighted by Crippen LogP contribution is -2.55. The first-order valence-corrected chi connectivity index (χ1v) is 17.0. The summed E-state index contributed by atoms with van der Waals surface area (Å²) in [5, 5.41) is 4.19. The van der Waals surface area contributed by atoms with Gasteiger partial charge in [-0.15, -0.1) is 6.58 Å². The number of amides is 2. The zero-order valence-corrected chi connectivity index (χ0v) is 27.3. The van der Waals surface area contributed by atoms with Crippen LogP contribution in [0.25, 0.3) is 10.8 Å². The van der Waals surface area contributed by atoms with Crippen molar-refractivity contribution < 1.29 is 32.3 Å². The number of pyridine rings is 1. The van der Waals surface area contributed by atoms with Gasteiger partial charge in [-0.1, -0.05) is 45.4 Å². The lowest BCUT2D eigenvalue weighted by atomic mass is 9.81. The van der Waals surface area contributed by atoms with Gasteiger partial charge in [0.1, 0.15) is 29.2 Å². The number of hydrogen-bond acceptors (Lipinski definition) is 8. The molecule has 0 spiro atoms. The number of ether oxygens (including phenoxy) is 2. The molecule has 1 aromatic carbocycles. The van der Waals surface area contributed by atoms with Crippen molar-refractivity contribution in [3.8, 4) is 11.6 Å². The fraction of sp³-hybridized carbons (Fsp3) is 0.562. The number of hydrogen-bond donors (Lipinski definition) is 1. The van der Waals surface area contributed by atoms with Gasteiger partial charge < -0.3 is 19.7 Å². The standard InChI is InChI=1S/C32H40ClN3O7S/c1-7-19-15-32(19,26(37)17-44(40,41)21-8-9-21)35-28(38)25-14-20(16-36(25)30(39)18(2)31(3,4)5)43-29-23-10-11-24(33)27(42-6)22(23)12-13-34-29/h7,10-13,18-21,25H,1,8-9,14-17H2,2-6H3,(H,35,38)/t18-,19-,20-,25+,32-/m1/s1. The Kier molecular flexibility index (Phi) is 8.52. The van der Waals surface area contributed by atoms with Gasteiger partial charge in [0.15, 0.2) is 15.6 Å². The Hall–Kier alpha value is -3.18. The van der Waals surface area contributed by atoms with Crippen molar-refractivity contribution in [2.24, 2.45) is 17.3 Å². The van der Waals surface area contributed by atoms with Gasteiger partial charge in [-0.2, -0.15) is 0 Å². The van der Waals surface area contributed by atoms with Crippen LogP contribution in [0, 0.1) is 17.3 Å². The van der Waals surface area contributed by atoms with Crippen LogP contribution >= 0.6 is 11.6 Å². The monoisotopic (exact) mass is 645 g/mol. The van der Waals surface area contributed by atoms with Crippen molar-refractivity contribution in [1.82, 2.24) is 15.2 Å². The van der Waals surface area contributed by atoms with Crippen LogP contribution in [0.1, 0.15) is 53.4 Å². The first-order chi connectivity index (χ1) is 20.6. The summed E-state index contributed by atoms with van der Waals surface area (Å²) in [6, 6.07) is 4.30. The molecule has 0 unspecified atom stereocenters. The molecule has 3 aliphatic rings. The Bertz CT molecular complexity index is 1620. The summed E-state index contributed by atoms with van der Waals surface area (Å²) >= 11 is 6.32. The van der Waals surface area contributed by atoms with Crippen LogP contribution in [0.4, 0.5) is 0 Å². The number of fused-ring (bicyclic) bond motifs is 1. The first-order valence-electron chi connectivity index (χ1n) is 14.9. The second-order valence-corrected chi connectivity index (χ2v) is 16.0. The van der Waals surface area contributed by atoms with E-state index in [9.17, 15) is 22.8 Å². The van der Waals surface area contributed by atoms with Crippen molar-refractivity contribution >= 4 is 49.8 Å². The fourth-order valence-corrected chi connectivity index (χ4v) is 7.85. The van der Waals surface area contributed by atoms with Crippen molar-refractivity contribution in [3.05, 3.63) is 42.1 Å². The number of ketones is 1. The smallest absolute Gasteiger partial charge is 0.243 e. The average Bonchev–Trinajstić information content (AvgIpc) is 3.88. The van der Waals surface area contributed by atoms with E-state index in [0.29, 0.717) is 40.3 Å². The summed E-state index contributed by atoms with van der Waals surface area (Å²) in [6.45, 7) is 11.6. The van der Waals surface area contributed by atoms with E-state index in [1.165, 1.54) is 12.0 Å². The number of carbonyl (C=O) groups is 3. The Morgan fingerprint density at radius 3 is 2.52 bits per heavy atom. The van der Waals surface area contributed by atoms with E-state index in [0.717, 1.165) is 0 Å². The van der Waals surface area contributed by atoms with E-state index in [2.05, 4.69) is 16.9 Å². The van der Waals surface area contributed by atoms with Gasteiger partial charge >= 0.3 is 0 Å². The third-order valence-corrected chi connectivity index (χ3v) is 11.8. The Labute approximate surface area is 263 Å². The highest BCUT2D eigenvalue weighted by Gasteiger charge is 2.61. The second kappa shape index (κ2) is 11.6. The molecule has 2 heterocycles. The summed E-state index contributed by atoms with van der Waals surface area (Å²) in [5.74, 6) is -1.91. The average molecular weight is 646 g/mol. The highest BCUT2D eigenvalue weighted by atomic mass is 35.5. The molecular weight excluding hydrogens is 606 g/mol. The number of halogens is 1. The van der Waals surface area contributed by atoms with Crippen LogP contribution in [-0.4, -0.2) is 78.2 Å². The third kappa shape index (κ3) is 6.05. The number of benzene rings is 1. The van der Waals surface area contributed by atoms with Gasteiger partial charge in [0.25, 0.3) is 0 Å². The number of nitrogens with one attached hydrogen (secondary N) is 1. The molecule has 0 radical (unpaired) electrons. The molecule has 5 atom stereocenters. The topological polar surface area (TPSA) is 132 Å². The number of nitrogens with zero attached hydrogens (tertiary/aromatic N) is 2. The molecule has 44 heavy (non-hydrogen) atoms. The van der Waals surface area contributed by atoms with Gasteiger partial charge in [0.2, 0.25) is 17.7 Å². The molecule has 2 saturated carbocycles. The molecule has 1 N–H and O–H groups in total. The molecule has 12 heteroatoms. The van der Waals surface area contributed by atoms with E-state index in [4.69, 9.17) is 21.1 Å². The van der Waals surface area contributed by atoms with Crippen LogP contribution in [0.5, 0.6) is 11.6 Å². The Morgan fingerprint density at radius 1 is 1.23 bits per heavy atom. The molecule has 5 rings (SSSR count). The Morgan fingerprint density at radius 2 is 1.93 bits per heavy atom. The van der Waals surface area contributed by atoms with Crippen LogP contribution in [-0.2, 0) is 24.2 Å². The van der Waals surface area contributed by atoms with E-state index in [-0.39, 0.29) is 36.6 Å². The number of rotatable bonds is 11. The summed E-state index contributed by atoms with van der Waals surface area (Å²) < 4.78 is 37.1. The number of Topliss-reactive ketones (excluding diaryl/α,β-unsaturated/α-hetero) is 1. The summed E-state index contributed by atoms with van der Waals surface area (Å²) in [5.41, 5.74) is -1.72. The van der Waals surface area contributed by atoms with E-state index in [1.807, 2.05) is 27.7 Å². The van der Waals surface area contributed by atoms with E-state index in [1.54, 1.807) is 30.5 Å². The van der Waals surface area contributed by atoms with Gasteiger partial charge in [0.05, 0.1) is 23.9 Å². The maximum Gasteiger partial charge on any atom is 0.243 e. The molecule has 2 aromatic rings. The number of sulfone groups is 1. The maximum absolute atomic E-state index is 14.0. The molecule has 0 bridgehead atoms. The minimum atomic E-state index is -3.58. The zero-order chi connectivity index (χ0) is 32.2. The quantitative estimate of drug-likeness (QED) is 0.361. The maximum atomic E-state index is 14.0. The zero-order valence-electron chi connectivity index (χ0n) is 25.8. The van der Waals surface area contributed by atoms with Crippen LogP contribution in [0.15, 0.2) is 37.1 Å². The summed E-state index contributed by atoms with van der Waals surface area (Å²) in [4.78, 5) is 47.1. The fourth-order valence-electron chi connectivity index (χ4n) is 5.89. The van der Waals surface area contributed by atoms with Crippen LogP contribution in [0.3, 0.4) is 0 Å². The first kappa shape index (κ1) is 32.2. The number of aromatic nitrogens is 1. The molecule has 10 nitrogen and oxygen atoms in total. The van der Waals surface area contributed by atoms with E-state index >= 15 is 0 Å². The molecule has 2 aliphatic carbocycles. The molecule has 2 amide bonds. The lowest BCUT2D eigenvalue weighted by Gasteiger charge is -2.33. The third-order valence-electron chi connectivity index (χ3n) is 9.32. The van der Waals surface area contributed by atoms with Crippen molar-refractivity contribution in [3.63, 3.8) is 0 Å². The van der Waals surface area contributed by atoms with Crippen molar-refractivity contribution in [2.75, 3.05) is 19.4 Å². The largest absolute Gasteiger partial charge is 0.495 e. The minimum Gasteiger partial charge on any atom is -0.495 e. The number of carbonyl (C=O) groups excluding carboxylic acids is 3. The molecule has 1 saturated heterocycles. The van der Waals surface area contributed by atoms with Gasteiger partial charge in [0, 0.05) is 35.2 Å². The predicted molar refractivity (Wildman–Crippen MR) is 167 cm³/mol. The lowest BCUT2D eigenvalue weighted by molar-refractivity contribution is -0.144. The molecule has 3 fully saturated rings. The highest BCUT2D eigenvalue weighted by molar-refractivity contribution is 7.93. The summed E-state index contributed by atoms with van der Waals surface area (Å²) in [7, 11) is -2.06. The van der Waals surface area contributed by atoms with Gasteiger partial charge in [-0.3, -0.25) is 14.4 Å². The van der Waals surface area contributed by atoms with Gasteiger partial charge in [-0.05, 0) is 42.9 Å². The highest BCUT2D eigenvalue weighted by Crippen LogP contribution is 2.46. The SMILES string of the molecule is C=C[C@@H]1C[C@]1(NC(=O)[C@@H]1C[C@@H](Oc2nccc3c(OC)c(Cl)ccc23)CN1C(=O)[C@@H](C)C(C)(C)C)C(=O)CS(=O)(=O)C1CC1. The molecule has 1 aliphatic heterocycles. The predicted octanol–water partition coefficient (Wildman–Crippen LogP) is 4.13. The Balaban J connectivity index is 1.41. The molecular formula is C32H40ClN3O7S. The van der Waals surface area contributed by atoms with Crippen molar-refractivity contribution in [1.29, 1.82) is 0 Å². The van der Waals surface area contributed by atoms with Crippen molar-refractivity contribution in [2.45, 2.75) is 76.3 Å².